The van der Waals surface area contributed by atoms with E-state index in [2.05, 4.69) is 21.2 Å². The molecule has 0 aliphatic carbocycles. The number of nitro benzene ring substituents is 2. The number of benzene rings is 2. The number of nitrogens with zero attached hydrogens (tertiary/aromatic N) is 3. The van der Waals surface area contributed by atoms with Crippen LogP contribution in [0.5, 0.6) is 0 Å². The Morgan fingerprint density at radius 2 is 1.75 bits per heavy atom. The van der Waals surface area contributed by atoms with Crippen LogP contribution in [-0.2, 0) is 4.79 Å². The SMILES string of the molecule is N#CC(=Cc1ccc(-c2ccc([N+](=O)[O-])cc2Cl)o1)C(=O)Nc1ccc([N+](=O)[O-])cc1Br. The number of nitrogens with one attached hydrogen (secondary N) is 1. The first-order valence-corrected chi connectivity index (χ1v) is 9.78. The molecular formula is C20H10BrClN4O6. The standard InChI is InChI=1S/C20H10BrClN4O6/c21-16-8-12(25(28)29)2-5-18(16)24-20(27)11(10-23)7-14-3-6-19(32-14)15-4-1-13(26(30)31)9-17(15)22/h1-9H,(H,24,27). The van der Waals surface area contributed by atoms with Crippen LogP contribution in [0.4, 0.5) is 17.1 Å². The van der Waals surface area contributed by atoms with E-state index in [9.17, 15) is 30.3 Å². The smallest absolute Gasteiger partial charge is 0.270 e. The van der Waals surface area contributed by atoms with Crippen molar-refractivity contribution in [2.24, 2.45) is 0 Å². The van der Waals surface area contributed by atoms with E-state index in [1.54, 1.807) is 12.1 Å². The van der Waals surface area contributed by atoms with Crippen LogP contribution in [0.1, 0.15) is 5.76 Å². The average Bonchev–Trinajstić information content (AvgIpc) is 3.21. The largest absolute Gasteiger partial charge is 0.457 e. The molecule has 0 aliphatic heterocycles. The number of carbonyl (C=O) groups excluding carboxylic acids is 1. The van der Waals surface area contributed by atoms with Crippen LogP contribution in [0.2, 0.25) is 5.02 Å². The molecule has 0 unspecified atom stereocenters. The molecular weight excluding hydrogens is 508 g/mol. The van der Waals surface area contributed by atoms with Gasteiger partial charge in [0.1, 0.15) is 23.2 Å². The summed E-state index contributed by atoms with van der Waals surface area (Å²) in [6.07, 6.45) is 1.21. The Bertz CT molecular complexity index is 1330. The number of nitriles is 1. The van der Waals surface area contributed by atoms with Crippen LogP contribution in [0.15, 0.2) is 63.0 Å². The molecule has 0 spiro atoms. The molecule has 2 aromatic carbocycles. The Balaban J connectivity index is 1.82. The van der Waals surface area contributed by atoms with Crippen molar-refractivity contribution in [2.75, 3.05) is 5.32 Å². The van der Waals surface area contributed by atoms with Gasteiger partial charge in [0.25, 0.3) is 17.3 Å². The van der Waals surface area contributed by atoms with Crippen molar-refractivity contribution < 1.29 is 19.1 Å². The third-order valence-electron chi connectivity index (χ3n) is 4.12. The second-order valence-corrected chi connectivity index (χ2v) is 7.43. The minimum atomic E-state index is -0.756. The number of hydrogen-bond donors (Lipinski definition) is 1. The zero-order valence-corrected chi connectivity index (χ0v) is 18.1. The lowest BCUT2D eigenvalue weighted by atomic mass is 10.1. The number of hydrogen-bond acceptors (Lipinski definition) is 7. The van der Waals surface area contributed by atoms with Crippen LogP contribution in [0.3, 0.4) is 0 Å². The van der Waals surface area contributed by atoms with E-state index in [1.807, 2.05) is 0 Å². The first kappa shape index (κ1) is 22.7. The molecule has 32 heavy (non-hydrogen) atoms. The highest BCUT2D eigenvalue weighted by Crippen LogP contribution is 2.33. The van der Waals surface area contributed by atoms with Crippen molar-refractivity contribution in [3.63, 3.8) is 0 Å². The van der Waals surface area contributed by atoms with Crippen molar-refractivity contribution in [2.45, 2.75) is 0 Å². The number of nitro groups is 2. The molecule has 0 saturated carbocycles. The average molecular weight is 518 g/mol. The van der Waals surface area contributed by atoms with Gasteiger partial charge in [0.15, 0.2) is 0 Å². The Morgan fingerprint density at radius 1 is 1.09 bits per heavy atom. The Morgan fingerprint density at radius 3 is 2.34 bits per heavy atom. The van der Waals surface area contributed by atoms with Gasteiger partial charge in [-0.15, -0.1) is 0 Å². The molecule has 3 rings (SSSR count). The number of anilines is 1. The molecule has 3 aromatic rings. The van der Waals surface area contributed by atoms with E-state index >= 15 is 0 Å². The van der Waals surface area contributed by atoms with E-state index < -0.39 is 15.8 Å². The van der Waals surface area contributed by atoms with Crippen LogP contribution >= 0.6 is 27.5 Å². The van der Waals surface area contributed by atoms with Gasteiger partial charge in [0, 0.05) is 40.4 Å². The second kappa shape index (κ2) is 9.42. The molecule has 1 heterocycles. The number of halogens is 2. The fourth-order valence-corrected chi connectivity index (χ4v) is 3.33. The molecule has 160 valence electrons. The van der Waals surface area contributed by atoms with Gasteiger partial charge in [-0.25, -0.2) is 0 Å². The lowest BCUT2D eigenvalue weighted by molar-refractivity contribution is -0.385. The predicted molar refractivity (Wildman–Crippen MR) is 119 cm³/mol. The third kappa shape index (κ3) is 5.00. The molecule has 0 fully saturated rings. The zero-order chi connectivity index (χ0) is 23.4. The third-order valence-corrected chi connectivity index (χ3v) is 5.09. The molecule has 0 bridgehead atoms. The lowest BCUT2D eigenvalue weighted by Gasteiger charge is -2.06. The summed E-state index contributed by atoms with van der Waals surface area (Å²) in [5.74, 6) is -0.302. The summed E-state index contributed by atoms with van der Waals surface area (Å²) in [6, 6.07) is 12.5. The molecule has 0 atom stereocenters. The van der Waals surface area contributed by atoms with Gasteiger partial charge in [-0.1, -0.05) is 11.6 Å². The predicted octanol–water partition coefficient (Wildman–Crippen LogP) is 5.72. The van der Waals surface area contributed by atoms with Crippen LogP contribution in [-0.4, -0.2) is 15.8 Å². The first-order valence-electron chi connectivity index (χ1n) is 8.61. The molecule has 0 aliphatic rings. The number of rotatable bonds is 6. The molecule has 1 amide bonds. The monoisotopic (exact) mass is 516 g/mol. The maximum atomic E-state index is 12.5. The van der Waals surface area contributed by atoms with E-state index in [4.69, 9.17) is 16.0 Å². The van der Waals surface area contributed by atoms with Gasteiger partial charge < -0.3 is 9.73 Å². The number of non-ortho nitro benzene ring substituents is 2. The minimum Gasteiger partial charge on any atom is -0.457 e. The van der Waals surface area contributed by atoms with Crippen molar-refractivity contribution in [1.29, 1.82) is 5.26 Å². The summed E-state index contributed by atoms with van der Waals surface area (Å²) in [5.41, 5.74) is 0.00499. The fraction of sp³-hybridized carbons (Fsp3) is 0. The van der Waals surface area contributed by atoms with Crippen LogP contribution < -0.4 is 5.32 Å². The lowest BCUT2D eigenvalue weighted by Crippen LogP contribution is -2.13. The quantitative estimate of drug-likeness (QED) is 0.190. The van der Waals surface area contributed by atoms with Gasteiger partial charge in [-0.2, -0.15) is 5.26 Å². The highest BCUT2D eigenvalue weighted by atomic mass is 79.9. The second-order valence-electron chi connectivity index (χ2n) is 6.17. The van der Waals surface area contributed by atoms with Crippen LogP contribution in [0, 0.1) is 31.6 Å². The number of furan rings is 1. The first-order chi connectivity index (χ1) is 15.2. The normalized spacial score (nSPS) is 11.0. The highest BCUT2D eigenvalue weighted by molar-refractivity contribution is 9.10. The summed E-state index contributed by atoms with van der Waals surface area (Å²) in [7, 11) is 0. The number of carbonyl (C=O) groups is 1. The van der Waals surface area contributed by atoms with Gasteiger partial charge in [0.05, 0.1) is 20.6 Å². The molecule has 1 N–H and O–H groups in total. The van der Waals surface area contributed by atoms with Crippen molar-refractivity contribution >= 4 is 56.6 Å². The summed E-state index contributed by atoms with van der Waals surface area (Å²) in [6.45, 7) is 0. The summed E-state index contributed by atoms with van der Waals surface area (Å²) in [5, 5.41) is 33.6. The van der Waals surface area contributed by atoms with Gasteiger partial charge in [0.2, 0.25) is 0 Å². The molecule has 0 saturated heterocycles. The van der Waals surface area contributed by atoms with Gasteiger partial charge in [-0.05, 0) is 40.2 Å². The maximum Gasteiger partial charge on any atom is 0.270 e. The van der Waals surface area contributed by atoms with E-state index in [-0.39, 0.29) is 43.7 Å². The van der Waals surface area contributed by atoms with E-state index in [1.165, 1.54) is 48.5 Å². The van der Waals surface area contributed by atoms with Gasteiger partial charge in [-0.3, -0.25) is 25.0 Å². The Hall–Kier alpha value is -4.01. The minimum absolute atomic E-state index is 0.102. The van der Waals surface area contributed by atoms with Crippen molar-refractivity contribution in [3.8, 4) is 17.4 Å². The molecule has 12 heteroatoms. The molecule has 0 radical (unpaired) electrons. The fourth-order valence-electron chi connectivity index (χ4n) is 2.59. The van der Waals surface area contributed by atoms with E-state index in [0.717, 1.165) is 0 Å². The maximum absolute atomic E-state index is 12.5. The zero-order valence-electron chi connectivity index (χ0n) is 15.7. The summed E-state index contributed by atoms with van der Waals surface area (Å²) >= 11 is 9.23. The summed E-state index contributed by atoms with van der Waals surface area (Å²) in [4.78, 5) is 33.0. The van der Waals surface area contributed by atoms with Crippen molar-refractivity contribution in [1.82, 2.24) is 0 Å². The van der Waals surface area contributed by atoms with Crippen LogP contribution in [0.25, 0.3) is 17.4 Å². The highest BCUT2D eigenvalue weighted by Gasteiger charge is 2.16. The molecule has 1 aromatic heterocycles. The number of amides is 1. The van der Waals surface area contributed by atoms with Gasteiger partial charge >= 0.3 is 0 Å². The summed E-state index contributed by atoms with van der Waals surface area (Å²) < 4.78 is 5.87. The topological polar surface area (TPSA) is 152 Å². The van der Waals surface area contributed by atoms with Crippen molar-refractivity contribution in [3.05, 3.63) is 89.6 Å². The molecule has 10 nitrogen and oxygen atoms in total. The Kier molecular flexibility index (Phi) is 6.67. The Labute approximate surface area is 193 Å². The van der Waals surface area contributed by atoms with E-state index in [0.29, 0.717) is 5.56 Å².